The van der Waals surface area contributed by atoms with E-state index in [9.17, 15) is 34.5 Å². The van der Waals surface area contributed by atoms with E-state index < -0.39 is 67.3 Å². The number of aliphatic hydroxyl groups is 2. The Morgan fingerprint density at radius 1 is 0.440 bits per heavy atom. The SMILES string of the molecule is CCCCC/C=C\C/C=C\CCCCCCCC(=O)OCC(COC1OC(C(=O)O)C(O)C(O)C1OC(=O)CCCCCCCCCCCCCCCCC)OC(=O)CCCCCCC/C=C\C/C=C\CCCCC. The maximum absolute atomic E-state index is 13.1. The number of esters is 3. The first-order valence-electron chi connectivity index (χ1n) is 30.6. The number of allylic oxidation sites excluding steroid dienone is 8. The van der Waals surface area contributed by atoms with Crippen LogP contribution in [0.25, 0.3) is 0 Å². The van der Waals surface area contributed by atoms with Crippen LogP contribution in [-0.4, -0.2) is 89.2 Å². The van der Waals surface area contributed by atoms with Gasteiger partial charge >= 0.3 is 23.9 Å². The lowest BCUT2D eigenvalue weighted by Gasteiger charge is -2.40. The van der Waals surface area contributed by atoms with Crippen LogP contribution in [0.2, 0.25) is 0 Å². The molecule has 0 aromatic rings. The standard InChI is InChI=1S/C63H110O12/c1-4-7-10-13-16-19-22-25-28-31-34-37-40-43-46-49-55(64)71-52-54(73-56(65)50-47-44-41-38-35-32-29-26-23-20-17-14-11-8-5-2)53-72-63-61(59(68)58(67)60(75-63)62(69)70)74-57(66)51-48-45-42-39-36-33-30-27-24-21-18-15-12-9-6-3/h16-17,19-20,25-26,28-29,54,58-61,63,67-68H,4-15,18,21-24,27,30-53H2,1-3H3,(H,69,70)/b19-16-,20-17-,28-25-,29-26-. The van der Waals surface area contributed by atoms with Crippen molar-refractivity contribution in [1.29, 1.82) is 0 Å². The number of aliphatic hydroxyl groups excluding tert-OH is 2. The second-order valence-corrected chi connectivity index (χ2v) is 21.0. The van der Waals surface area contributed by atoms with Crippen molar-refractivity contribution in [3.8, 4) is 0 Å². The molecule has 0 radical (unpaired) electrons. The highest BCUT2D eigenvalue weighted by atomic mass is 16.7. The van der Waals surface area contributed by atoms with Crippen molar-refractivity contribution in [3.63, 3.8) is 0 Å². The van der Waals surface area contributed by atoms with Gasteiger partial charge in [-0.3, -0.25) is 14.4 Å². The second kappa shape index (κ2) is 51.4. The van der Waals surface area contributed by atoms with Crippen molar-refractivity contribution in [2.24, 2.45) is 0 Å². The van der Waals surface area contributed by atoms with E-state index in [-0.39, 0.29) is 25.9 Å². The van der Waals surface area contributed by atoms with E-state index in [1.54, 1.807) is 0 Å². The van der Waals surface area contributed by atoms with Crippen molar-refractivity contribution in [2.75, 3.05) is 13.2 Å². The Morgan fingerprint density at radius 2 is 0.800 bits per heavy atom. The third kappa shape index (κ3) is 41.5. The van der Waals surface area contributed by atoms with Crippen LogP contribution in [0, 0.1) is 0 Å². The van der Waals surface area contributed by atoms with Crippen molar-refractivity contribution in [2.45, 2.75) is 314 Å². The number of rotatable bonds is 52. The van der Waals surface area contributed by atoms with Crippen LogP contribution in [0.5, 0.6) is 0 Å². The molecule has 6 atom stereocenters. The summed E-state index contributed by atoms with van der Waals surface area (Å²) < 4.78 is 28.4. The molecule has 0 aromatic heterocycles. The molecule has 75 heavy (non-hydrogen) atoms. The number of ether oxygens (including phenoxy) is 5. The number of aliphatic carboxylic acids is 1. The van der Waals surface area contributed by atoms with E-state index >= 15 is 0 Å². The Morgan fingerprint density at radius 3 is 1.23 bits per heavy atom. The molecule has 0 aliphatic carbocycles. The Hall–Kier alpha value is -3.32. The number of carbonyl (C=O) groups is 4. The lowest BCUT2D eigenvalue weighted by Crippen LogP contribution is -2.61. The van der Waals surface area contributed by atoms with Gasteiger partial charge in [-0.25, -0.2) is 4.79 Å². The molecule has 6 unspecified atom stereocenters. The Kier molecular flexibility index (Phi) is 47.8. The van der Waals surface area contributed by atoms with Gasteiger partial charge in [-0.05, 0) is 83.5 Å². The van der Waals surface area contributed by atoms with Crippen LogP contribution >= 0.6 is 0 Å². The summed E-state index contributed by atoms with van der Waals surface area (Å²) in [6, 6.07) is 0. The van der Waals surface area contributed by atoms with E-state index in [1.165, 1.54) is 103 Å². The van der Waals surface area contributed by atoms with Crippen LogP contribution in [0.4, 0.5) is 0 Å². The monoisotopic (exact) mass is 1060 g/mol. The summed E-state index contributed by atoms with van der Waals surface area (Å²) in [7, 11) is 0. The zero-order chi connectivity index (χ0) is 54.7. The smallest absolute Gasteiger partial charge is 0.335 e. The summed E-state index contributed by atoms with van der Waals surface area (Å²) in [6.07, 6.45) is 49.3. The Labute approximate surface area is 456 Å². The minimum absolute atomic E-state index is 0.0612. The number of carboxylic acids is 1. The molecule has 0 saturated carbocycles. The number of carbonyl (C=O) groups excluding carboxylic acids is 3. The summed E-state index contributed by atoms with van der Waals surface area (Å²) >= 11 is 0. The first-order chi connectivity index (χ1) is 36.6. The maximum atomic E-state index is 13.1. The predicted octanol–water partition coefficient (Wildman–Crippen LogP) is 15.8. The molecule has 1 aliphatic rings. The van der Waals surface area contributed by atoms with E-state index in [0.29, 0.717) is 19.3 Å². The van der Waals surface area contributed by atoms with Crippen LogP contribution in [-0.2, 0) is 42.9 Å². The first-order valence-corrected chi connectivity index (χ1v) is 30.6. The van der Waals surface area contributed by atoms with Gasteiger partial charge in [0.2, 0.25) is 0 Å². The number of hydrogen-bond acceptors (Lipinski definition) is 11. The Balaban J connectivity index is 2.70. The average molecular weight is 1060 g/mol. The molecule has 1 heterocycles. The van der Waals surface area contributed by atoms with Crippen LogP contribution < -0.4 is 0 Å². The van der Waals surface area contributed by atoms with Gasteiger partial charge in [-0.15, -0.1) is 0 Å². The molecular formula is C63H110O12. The number of unbranched alkanes of at least 4 members (excludes halogenated alkanes) is 30. The van der Waals surface area contributed by atoms with Gasteiger partial charge in [0, 0.05) is 19.3 Å². The zero-order valence-electron chi connectivity index (χ0n) is 47.8. The number of hydrogen-bond donors (Lipinski definition) is 3. The third-order valence-corrected chi connectivity index (χ3v) is 13.9. The van der Waals surface area contributed by atoms with Crippen LogP contribution in [0.1, 0.15) is 278 Å². The molecule has 1 aliphatic heterocycles. The fourth-order valence-corrected chi connectivity index (χ4v) is 9.13. The highest BCUT2D eigenvalue weighted by Crippen LogP contribution is 2.26. The predicted molar refractivity (Wildman–Crippen MR) is 303 cm³/mol. The molecule has 434 valence electrons. The highest BCUT2D eigenvalue weighted by molar-refractivity contribution is 5.74. The van der Waals surface area contributed by atoms with Crippen LogP contribution in [0.15, 0.2) is 48.6 Å². The molecule has 1 rings (SSSR count). The molecule has 0 aromatic carbocycles. The molecule has 12 nitrogen and oxygen atoms in total. The van der Waals surface area contributed by atoms with Gasteiger partial charge in [0.15, 0.2) is 24.6 Å². The van der Waals surface area contributed by atoms with Crippen molar-refractivity contribution in [1.82, 2.24) is 0 Å². The molecule has 12 heteroatoms. The molecule has 0 amide bonds. The van der Waals surface area contributed by atoms with Crippen LogP contribution in [0.3, 0.4) is 0 Å². The highest BCUT2D eigenvalue weighted by Gasteiger charge is 2.50. The van der Waals surface area contributed by atoms with E-state index in [4.69, 9.17) is 23.7 Å². The average Bonchev–Trinajstić information content (AvgIpc) is 3.39. The fraction of sp³-hybridized carbons (Fsp3) is 0.810. The van der Waals surface area contributed by atoms with Gasteiger partial charge < -0.3 is 39.0 Å². The molecular weight excluding hydrogens is 949 g/mol. The summed E-state index contributed by atoms with van der Waals surface area (Å²) in [5, 5.41) is 31.5. The van der Waals surface area contributed by atoms with E-state index in [1.807, 2.05) is 0 Å². The Bertz CT molecular complexity index is 1490. The minimum Gasteiger partial charge on any atom is -0.479 e. The van der Waals surface area contributed by atoms with Gasteiger partial charge in [0.25, 0.3) is 0 Å². The van der Waals surface area contributed by atoms with E-state index in [2.05, 4.69) is 69.4 Å². The van der Waals surface area contributed by atoms with Gasteiger partial charge in [0.1, 0.15) is 18.8 Å². The quantitative estimate of drug-likeness (QED) is 0.0228. The van der Waals surface area contributed by atoms with Gasteiger partial charge in [-0.1, -0.05) is 223 Å². The maximum Gasteiger partial charge on any atom is 0.335 e. The fourth-order valence-electron chi connectivity index (χ4n) is 9.13. The lowest BCUT2D eigenvalue weighted by molar-refractivity contribution is -0.301. The molecule has 0 spiro atoms. The third-order valence-electron chi connectivity index (χ3n) is 13.9. The van der Waals surface area contributed by atoms with Gasteiger partial charge in [0.05, 0.1) is 6.61 Å². The minimum atomic E-state index is -1.90. The normalized spacial score (nSPS) is 18.4. The number of carboxylic acid groups (broad SMARTS) is 1. The largest absolute Gasteiger partial charge is 0.479 e. The van der Waals surface area contributed by atoms with E-state index in [0.717, 1.165) is 116 Å². The first kappa shape index (κ1) is 69.7. The van der Waals surface area contributed by atoms with Gasteiger partial charge in [-0.2, -0.15) is 0 Å². The van der Waals surface area contributed by atoms with Crippen molar-refractivity contribution >= 4 is 23.9 Å². The molecule has 1 fully saturated rings. The summed E-state index contributed by atoms with van der Waals surface area (Å²) in [5.41, 5.74) is 0. The van der Waals surface area contributed by atoms with Crippen molar-refractivity contribution < 1.29 is 58.2 Å². The lowest BCUT2D eigenvalue weighted by atomic mass is 9.98. The molecule has 1 saturated heterocycles. The summed E-state index contributed by atoms with van der Waals surface area (Å²) in [4.78, 5) is 51.2. The summed E-state index contributed by atoms with van der Waals surface area (Å²) in [6.45, 7) is 5.94. The van der Waals surface area contributed by atoms with Crippen molar-refractivity contribution in [3.05, 3.63) is 48.6 Å². The molecule has 3 N–H and O–H groups in total. The topological polar surface area (TPSA) is 175 Å². The summed E-state index contributed by atoms with van der Waals surface area (Å²) in [5.74, 6) is -3.14. The zero-order valence-corrected chi connectivity index (χ0v) is 47.8. The second-order valence-electron chi connectivity index (χ2n) is 21.0. The molecule has 0 bridgehead atoms.